The number of hydrogen-bond donors (Lipinski definition) is 1. The molecular weight excluding hydrogens is 292 g/mol. The van der Waals surface area contributed by atoms with E-state index in [4.69, 9.17) is 22.7 Å². The number of hydrogen-bond acceptors (Lipinski definition) is 5. The fourth-order valence-corrected chi connectivity index (χ4v) is 4.07. The summed E-state index contributed by atoms with van der Waals surface area (Å²) in [5.41, 5.74) is 5.46. The third-order valence-corrected chi connectivity index (χ3v) is 6.10. The number of ether oxygens (including phenoxy) is 1. The number of rotatable bonds is 7. The summed E-state index contributed by atoms with van der Waals surface area (Å²) >= 11 is 5.90. The number of thiocarbonyl (C=S) groups is 1. The summed E-state index contributed by atoms with van der Waals surface area (Å²) in [5.74, 6) is 0. The van der Waals surface area contributed by atoms with E-state index < -0.39 is 10.0 Å². The molecule has 1 aromatic rings. The average molecular weight is 308 g/mol. The Kier molecular flexibility index (Phi) is 5.67. The minimum atomic E-state index is -3.45. The molecule has 8 heteroatoms. The molecule has 0 aliphatic rings. The van der Waals surface area contributed by atoms with Gasteiger partial charge in [-0.15, -0.1) is 11.3 Å². The summed E-state index contributed by atoms with van der Waals surface area (Å²) in [6, 6.07) is 3.16. The maximum Gasteiger partial charge on any atom is 0.252 e. The van der Waals surface area contributed by atoms with Crippen molar-refractivity contribution in [3.63, 3.8) is 0 Å². The van der Waals surface area contributed by atoms with Crippen LogP contribution in [0.2, 0.25) is 0 Å². The van der Waals surface area contributed by atoms with Gasteiger partial charge in [-0.1, -0.05) is 12.2 Å². The first kappa shape index (κ1) is 15.5. The summed E-state index contributed by atoms with van der Waals surface area (Å²) in [6.07, 6.45) is 0.653. The molecule has 0 unspecified atom stereocenters. The van der Waals surface area contributed by atoms with Crippen LogP contribution in [-0.2, 0) is 14.8 Å². The third kappa shape index (κ3) is 3.72. The Balaban J connectivity index is 2.81. The predicted octanol–water partition coefficient (Wildman–Crippen LogP) is 1.04. The molecule has 0 atom stereocenters. The van der Waals surface area contributed by atoms with Crippen molar-refractivity contribution in [2.24, 2.45) is 5.73 Å². The molecule has 1 aromatic heterocycles. The average Bonchev–Trinajstić information content (AvgIpc) is 2.79. The van der Waals surface area contributed by atoms with Gasteiger partial charge in [0, 0.05) is 27.3 Å². The van der Waals surface area contributed by atoms with Gasteiger partial charge in [-0.3, -0.25) is 0 Å². The van der Waals surface area contributed by atoms with E-state index in [1.165, 1.54) is 10.4 Å². The van der Waals surface area contributed by atoms with Crippen LogP contribution in [0.15, 0.2) is 16.3 Å². The lowest BCUT2D eigenvalue weighted by Gasteiger charge is -2.15. The van der Waals surface area contributed by atoms with Crippen molar-refractivity contribution < 1.29 is 13.2 Å². The molecule has 1 heterocycles. The normalized spacial score (nSPS) is 11.9. The lowest BCUT2D eigenvalue weighted by Crippen LogP contribution is -2.28. The van der Waals surface area contributed by atoms with Crippen molar-refractivity contribution in [3.05, 3.63) is 17.0 Å². The second-order valence-electron chi connectivity index (χ2n) is 3.66. The highest BCUT2D eigenvalue weighted by Gasteiger charge is 2.22. The molecule has 0 aliphatic heterocycles. The van der Waals surface area contributed by atoms with Crippen LogP contribution in [0.4, 0.5) is 0 Å². The molecule has 0 amide bonds. The fraction of sp³-hybridized carbons (Fsp3) is 0.500. The molecule has 0 aliphatic carbocycles. The van der Waals surface area contributed by atoms with Gasteiger partial charge in [-0.25, -0.2) is 12.7 Å². The van der Waals surface area contributed by atoms with Crippen molar-refractivity contribution in [2.45, 2.75) is 10.6 Å². The SMILES string of the molecule is COCCCN(C)S(=O)(=O)c1ccc(C(N)=S)s1. The van der Waals surface area contributed by atoms with Gasteiger partial charge in [0.1, 0.15) is 9.20 Å². The molecule has 0 aromatic carbocycles. The zero-order chi connectivity index (χ0) is 13.8. The van der Waals surface area contributed by atoms with Crippen LogP contribution in [0, 0.1) is 0 Å². The first-order valence-electron chi connectivity index (χ1n) is 5.24. The maximum atomic E-state index is 12.2. The number of sulfonamides is 1. The number of nitrogens with two attached hydrogens (primary N) is 1. The van der Waals surface area contributed by atoms with Gasteiger partial charge in [0.2, 0.25) is 0 Å². The molecule has 0 radical (unpaired) electrons. The summed E-state index contributed by atoms with van der Waals surface area (Å²) in [6.45, 7) is 0.943. The number of thiophene rings is 1. The van der Waals surface area contributed by atoms with E-state index >= 15 is 0 Å². The molecule has 2 N–H and O–H groups in total. The highest BCUT2D eigenvalue weighted by molar-refractivity contribution is 7.91. The number of nitrogens with zero attached hydrogens (tertiary/aromatic N) is 1. The molecule has 0 spiro atoms. The van der Waals surface area contributed by atoms with Gasteiger partial charge in [-0.05, 0) is 18.6 Å². The van der Waals surface area contributed by atoms with E-state index in [-0.39, 0.29) is 9.20 Å². The van der Waals surface area contributed by atoms with Crippen LogP contribution in [0.5, 0.6) is 0 Å². The smallest absolute Gasteiger partial charge is 0.252 e. The summed E-state index contributed by atoms with van der Waals surface area (Å²) in [4.78, 5) is 0.817. The quantitative estimate of drug-likeness (QED) is 0.602. The molecule has 102 valence electrons. The maximum absolute atomic E-state index is 12.2. The van der Waals surface area contributed by atoms with Crippen LogP contribution in [0.3, 0.4) is 0 Å². The molecule has 5 nitrogen and oxygen atoms in total. The fourth-order valence-electron chi connectivity index (χ4n) is 1.30. The van der Waals surface area contributed by atoms with Crippen LogP contribution in [0.1, 0.15) is 11.3 Å². The van der Waals surface area contributed by atoms with E-state index in [2.05, 4.69) is 0 Å². The lowest BCUT2D eigenvalue weighted by atomic mass is 10.5. The molecule has 0 bridgehead atoms. The lowest BCUT2D eigenvalue weighted by molar-refractivity contribution is 0.189. The monoisotopic (exact) mass is 308 g/mol. The Morgan fingerprint density at radius 3 is 2.72 bits per heavy atom. The topological polar surface area (TPSA) is 72.6 Å². The zero-order valence-electron chi connectivity index (χ0n) is 10.3. The van der Waals surface area contributed by atoms with E-state index in [1.54, 1.807) is 20.2 Å². The largest absolute Gasteiger partial charge is 0.389 e. The molecule has 1 rings (SSSR count). The van der Waals surface area contributed by atoms with E-state index in [9.17, 15) is 8.42 Å². The van der Waals surface area contributed by atoms with Gasteiger partial charge in [0.25, 0.3) is 10.0 Å². The van der Waals surface area contributed by atoms with Crippen molar-refractivity contribution >= 4 is 38.6 Å². The molecule has 0 saturated carbocycles. The van der Waals surface area contributed by atoms with Gasteiger partial charge < -0.3 is 10.5 Å². The zero-order valence-corrected chi connectivity index (χ0v) is 12.7. The van der Waals surface area contributed by atoms with Crippen LogP contribution in [-0.4, -0.2) is 45.0 Å². The molecule has 18 heavy (non-hydrogen) atoms. The highest BCUT2D eigenvalue weighted by atomic mass is 32.2. The van der Waals surface area contributed by atoms with E-state index in [0.717, 1.165) is 11.3 Å². The number of methoxy groups -OCH3 is 1. The standard InChI is InChI=1S/C10H16N2O3S3/c1-12(6-3-7-15-2)18(13,14)9-5-4-8(17-9)10(11)16/h4-5H,3,6-7H2,1-2H3,(H2,11,16). The minimum absolute atomic E-state index is 0.212. The van der Waals surface area contributed by atoms with Crippen LogP contribution < -0.4 is 5.73 Å². The van der Waals surface area contributed by atoms with E-state index in [0.29, 0.717) is 24.4 Å². The van der Waals surface area contributed by atoms with Crippen LogP contribution >= 0.6 is 23.6 Å². The predicted molar refractivity (Wildman–Crippen MR) is 76.5 cm³/mol. The molecule has 0 fully saturated rings. The first-order valence-corrected chi connectivity index (χ1v) is 7.91. The van der Waals surface area contributed by atoms with Crippen molar-refractivity contribution in [1.29, 1.82) is 0 Å². The van der Waals surface area contributed by atoms with Crippen molar-refractivity contribution in [2.75, 3.05) is 27.3 Å². The van der Waals surface area contributed by atoms with E-state index in [1.807, 2.05) is 0 Å². The Labute approximate surface area is 117 Å². The molecular formula is C10H16N2O3S3. The second kappa shape index (κ2) is 6.58. The van der Waals surface area contributed by atoms with Crippen LogP contribution in [0.25, 0.3) is 0 Å². The van der Waals surface area contributed by atoms with Crippen molar-refractivity contribution in [3.8, 4) is 0 Å². The minimum Gasteiger partial charge on any atom is -0.389 e. The van der Waals surface area contributed by atoms with Gasteiger partial charge in [0.15, 0.2) is 0 Å². The Bertz CT molecular complexity index is 510. The summed E-state index contributed by atoms with van der Waals surface area (Å²) in [7, 11) is -0.319. The third-order valence-electron chi connectivity index (χ3n) is 2.31. The summed E-state index contributed by atoms with van der Waals surface area (Å²) in [5, 5.41) is 0. The Morgan fingerprint density at radius 1 is 1.56 bits per heavy atom. The highest BCUT2D eigenvalue weighted by Crippen LogP contribution is 2.24. The Hall–Kier alpha value is -0.540. The van der Waals surface area contributed by atoms with Gasteiger partial charge >= 0.3 is 0 Å². The van der Waals surface area contributed by atoms with Crippen molar-refractivity contribution in [1.82, 2.24) is 4.31 Å². The molecule has 0 saturated heterocycles. The first-order chi connectivity index (χ1) is 8.39. The Morgan fingerprint density at radius 2 is 2.22 bits per heavy atom. The van der Waals surface area contributed by atoms with Gasteiger partial charge in [-0.2, -0.15) is 0 Å². The second-order valence-corrected chi connectivity index (χ2v) is 7.45. The summed E-state index contributed by atoms with van der Waals surface area (Å²) < 4.78 is 30.8. The van der Waals surface area contributed by atoms with Gasteiger partial charge in [0.05, 0.1) is 4.88 Å².